The van der Waals surface area contributed by atoms with Gasteiger partial charge in [0.15, 0.2) is 28.1 Å². The summed E-state index contributed by atoms with van der Waals surface area (Å²) in [5, 5.41) is 12.0. The predicted octanol–water partition coefficient (Wildman–Crippen LogP) is 5.72. The zero-order valence-electron chi connectivity index (χ0n) is 23.0. The number of rotatable bonds is 6. The highest BCUT2D eigenvalue weighted by Crippen LogP contribution is 2.46. The number of aliphatic hydroxyl groups excluding tert-OH is 1. The van der Waals surface area contributed by atoms with Crippen molar-refractivity contribution >= 4 is 44.1 Å². The molecule has 1 saturated heterocycles. The smallest absolute Gasteiger partial charge is 0.301 e. The molecule has 41 heavy (non-hydrogen) atoms. The van der Waals surface area contributed by atoms with Crippen LogP contribution >= 0.6 is 11.3 Å². The van der Waals surface area contributed by atoms with E-state index in [1.54, 1.807) is 36.4 Å². The quantitative estimate of drug-likeness (QED) is 0.178. The van der Waals surface area contributed by atoms with Crippen molar-refractivity contribution in [3.63, 3.8) is 0 Å². The van der Waals surface area contributed by atoms with Gasteiger partial charge in [-0.1, -0.05) is 23.5 Å². The third kappa shape index (κ3) is 4.54. The predicted molar refractivity (Wildman–Crippen MR) is 155 cm³/mol. The molecule has 2 aliphatic rings. The summed E-state index contributed by atoms with van der Waals surface area (Å²) >= 11 is 1.32. The van der Waals surface area contributed by atoms with E-state index < -0.39 is 17.7 Å². The number of benzene rings is 3. The number of hydrogen-bond donors (Lipinski definition) is 1. The number of carbonyl (C=O) groups excluding carboxylic acids is 2. The lowest BCUT2D eigenvalue weighted by atomic mass is 9.95. The van der Waals surface area contributed by atoms with E-state index in [2.05, 4.69) is 0 Å². The molecule has 4 aromatic rings. The zero-order valence-corrected chi connectivity index (χ0v) is 23.8. The van der Waals surface area contributed by atoms with Crippen molar-refractivity contribution in [1.29, 1.82) is 0 Å². The van der Waals surface area contributed by atoms with Crippen LogP contribution in [-0.4, -0.2) is 48.7 Å². The fourth-order valence-corrected chi connectivity index (χ4v) is 6.45. The van der Waals surface area contributed by atoms with Crippen LogP contribution in [-0.2, 0) is 9.59 Å². The number of thiazole rings is 1. The van der Waals surface area contributed by atoms with Gasteiger partial charge in [0.25, 0.3) is 5.78 Å². The van der Waals surface area contributed by atoms with Crippen LogP contribution in [0.15, 0.2) is 54.1 Å². The number of anilines is 1. The molecule has 1 unspecified atom stereocenters. The maximum Gasteiger partial charge on any atom is 0.301 e. The monoisotopic (exact) mass is 572 g/mol. The minimum absolute atomic E-state index is 0.0648. The number of methoxy groups -OCH3 is 1. The molecule has 0 spiro atoms. The number of amides is 1. The van der Waals surface area contributed by atoms with E-state index in [1.807, 2.05) is 32.9 Å². The first-order valence-electron chi connectivity index (χ1n) is 13.2. The van der Waals surface area contributed by atoms with Gasteiger partial charge in [-0.2, -0.15) is 0 Å². The van der Waals surface area contributed by atoms with Gasteiger partial charge in [-0.3, -0.25) is 14.5 Å². The van der Waals surface area contributed by atoms with Gasteiger partial charge >= 0.3 is 5.91 Å². The molecular formula is C31H28N2O7S. The Labute approximate surface area is 240 Å². The van der Waals surface area contributed by atoms with Crippen molar-refractivity contribution in [3.05, 3.63) is 76.4 Å². The zero-order chi connectivity index (χ0) is 28.8. The number of ether oxygens (including phenoxy) is 4. The Morgan fingerprint density at radius 2 is 1.83 bits per heavy atom. The highest BCUT2D eigenvalue weighted by molar-refractivity contribution is 7.22. The van der Waals surface area contributed by atoms with Crippen LogP contribution in [0.2, 0.25) is 0 Å². The topological polar surface area (TPSA) is 107 Å². The molecule has 3 heterocycles. The standard InChI is InChI=1S/C31H28N2O7S/c1-5-38-20-8-6-18(14-22(20)37-4)27-25(28(34)19-7-9-21-23(15-19)40-11-10-39-21)29(35)30(36)33(27)31-32-26-17(3)12-16(2)13-24(26)41-31/h6-9,12-15,27,34H,5,10-11H2,1-4H3/b28-25+. The molecule has 3 aromatic carbocycles. The normalized spacial score (nSPS) is 17.8. The molecule has 10 heteroatoms. The number of ketones is 1. The van der Waals surface area contributed by atoms with Gasteiger partial charge in [-0.15, -0.1) is 0 Å². The molecule has 0 aliphatic carbocycles. The average molecular weight is 573 g/mol. The third-order valence-electron chi connectivity index (χ3n) is 7.09. The van der Waals surface area contributed by atoms with Crippen LogP contribution in [0.1, 0.15) is 35.2 Å². The molecule has 2 aliphatic heterocycles. The number of nitrogens with zero attached hydrogens (tertiary/aromatic N) is 2. The molecular weight excluding hydrogens is 544 g/mol. The van der Waals surface area contributed by atoms with Gasteiger partial charge in [-0.05, 0) is 73.9 Å². The first-order chi connectivity index (χ1) is 19.8. The molecule has 1 fully saturated rings. The number of aliphatic hydroxyl groups is 1. The van der Waals surface area contributed by atoms with E-state index in [9.17, 15) is 14.7 Å². The Bertz CT molecular complexity index is 1740. The highest BCUT2D eigenvalue weighted by atomic mass is 32.1. The number of fused-ring (bicyclic) bond motifs is 2. The Kier molecular flexibility index (Phi) is 6.78. The van der Waals surface area contributed by atoms with Crippen molar-refractivity contribution in [3.8, 4) is 23.0 Å². The first kappa shape index (κ1) is 26.6. The molecule has 1 N–H and O–H groups in total. The van der Waals surface area contributed by atoms with Crippen LogP contribution in [0.25, 0.3) is 16.0 Å². The van der Waals surface area contributed by atoms with Gasteiger partial charge in [0.05, 0.1) is 35.5 Å². The second-order valence-corrected chi connectivity index (χ2v) is 10.8. The lowest BCUT2D eigenvalue weighted by molar-refractivity contribution is -0.132. The lowest BCUT2D eigenvalue weighted by Gasteiger charge is -2.24. The molecule has 210 valence electrons. The second-order valence-electron chi connectivity index (χ2n) is 9.80. The fraction of sp³-hybridized carbons (Fsp3) is 0.258. The van der Waals surface area contributed by atoms with E-state index in [0.717, 1.165) is 21.3 Å². The minimum atomic E-state index is -0.977. The van der Waals surface area contributed by atoms with E-state index in [1.165, 1.54) is 23.3 Å². The summed E-state index contributed by atoms with van der Waals surface area (Å²) in [6.07, 6.45) is 0. The van der Waals surface area contributed by atoms with Gasteiger partial charge in [0.1, 0.15) is 19.0 Å². The minimum Gasteiger partial charge on any atom is -0.507 e. The maximum atomic E-state index is 13.7. The number of carbonyl (C=O) groups is 2. The molecule has 0 radical (unpaired) electrons. The molecule has 0 bridgehead atoms. The molecule has 0 saturated carbocycles. The van der Waals surface area contributed by atoms with E-state index in [0.29, 0.717) is 59.1 Å². The van der Waals surface area contributed by atoms with Crippen molar-refractivity contribution in [2.45, 2.75) is 26.8 Å². The van der Waals surface area contributed by atoms with Crippen molar-refractivity contribution in [2.75, 3.05) is 31.8 Å². The highest BCUT2D eigenvalue weighted by Gasteiger charge is 2.48. The summed E-state index contributed by atoms with van der Waals surface area (Å²) in [4.78, 5) is 33.6. The van der Waals surface area contributed by atoms with Crippen molar-refractivity contribution in [2.24, 2.45) is 0 Å². The van der Waals surface area contributed by atoms with Crippen LogP contribution in [0.5, 0.6) is 23.0 Å². The molecule has 9 nitrogen and oxygen atoms in total. The lowest BCUT2D eigenvalue weighted by Crippen LogP contribution is -2.29. The maximum absolute atomic E-state index is 13.7. The molecule has 1 aromatic heterocycles. The number of aryl methyl sites for hydroxylation is 2. The van der Waals surface area contributed by atoms with Gasteiger partial charge < -0.3 is 24.1 Å². The average Bonchev–Trinajstić information content (AvgIpc) is 3.51. The van der Waals surface area contributed by atoms with E-state index in [4.69, 9.17) is 23.9 Å². The summed E-state index contributed by atoms with van der Waals surface area (Å²) < 4.78 is 23.5. The van der Waals surface area contributed by atoms with E-state index in [-0.39, 0.29) is 11.3 Å². The van der Waals surface area contributed by atoms with Gasteiger partial charge in [0, 0.05) is 5.56 Å². The van der Waals surface area contributed by atoms with Crippen LogP contribution in [0.4, 0.5) is 5.13 Å². The second kappa shape index (κ2) is 10.4. The third-order valence-corrected chi connectivity index (χ3v) is 8.09. The SMILES string of the molecule is CCOc1ccc(C2/C(=C(\O)c3ccc4c(c3)OCCO4)C(=O)C(=O)N2c2nc3c(C)cc(C)cc3s2)cc1OC. The summed E-state index contributed by atoms with van der Waals surface area (Å²) in [6.45, 7) is 7.05. The Morgan fingerprint density at radius 3 is 2.59 bits per heavy atom. The number of aromatic nitrogens is 1. The molecule has 6 rings (SSSR count). The number of Topliss-reactive ketones (excluding diaryl/α,β-unsaturated/α-hetero) is 1. The Balaban J connectivity index is 1.56. The van der Waals surface area contributed by atoms with Crippen LogP contribution in [0.3, 0.4) is 0 Å². The van der Waals surface area contributed by atoms with Gasteiger partial charge in [0.2, 0.25) is 0 Å². The van der Waals surface area contributed by atoms with E-state index >= 15 is 0 Å². The van der Waals surface area contributed by atoms with Crippen molar-refractivity contribution < 1.29 is 33.6 Å². The summed E-state index contributed by atoms with van der Waals surface area (Å²) in [5.74, 6) is 0.0253. The largest absolute Gasteiger partial charge is 0.507 e. The Hall–Kier alpha value is -4.57. The van der Waals surface area contributed by atoms with Crippen LogP contribution in [0, 0.1) is 13.8 Å². The summed E-state index contributed by atoms with van der Waals surface area (Å²) in [6, 6.07) is 13.2. The van der Waals surface area contributed by atoms with Crippen molar-refractivity contribution in [1.82, 2.24) is 4.98 Å². The summed E-state index contributed by atoms with van der Waals surface area (Å²) in [5.41, 5.74) is 3.60. The Morgan fingerprint density at radius 1 is 1.05 bits per heavy atom. The number of hydrogen-bond acceptors (Lipinski definition) is 9. The van der Waals surface area contributed by atoms with Gasteiger partial charge in [-0.25, -0.2) is 4.98 Å². The molecule has 1 atom stereocenters. The van der Waals surface area contributed by atoms with Crippen LogP contribution < -0.4 is 23.8 Å². The molecule has 1 amide bonds. The fourth-order valence-electron chi connectivity index (χ4n) is 5.28. The summed E-state index contributed by atoms with van der Waals surface area (Å²) in [7, 11) is 1.52. The first-order valence-corrected chi connectivity index (χ1v) is 14.0.